The maximum absolute atomic E-state index is 6.07. The fourth-order valence-corrected chi connectivity index (χ4v) is 3.30. The molecule has 1 heterocycles. The smallest absolute Gasteiger partial charge is 0.191 e. The van der Waals surface area contributed by atoms with E-state index in [0.29, 0.717) is 13.2 Å². The minimum Gasteiger partial charge on any atom is -0.491 e. The summed E-state index contributed by atoms with van der Waals surface area (Å²) in [4.78, 5) is 4.33. The van der Waals surface area contributed by atoms with Crippen molar-refractivity contribution in [3.05, 3.63) is 29.3 Å². The van der Waals surface area contributed by atoms with Gasteiger partial charge in [-0.2, -0.15) is 0 Å². The Labute approximate surface area is 180 Å². The second kappa shape index (κ2) is 11.7. The molecule has 1 saturated carbocycles. The molecule has 2 N–H and O–H groups in total. The fraction of sp³-hybridized carbons (Fsp3) is 0.667. The van der Waals surface area contributed by atoms with Crippen LogP contribution in [-0.4, -0.2) is 38.9 Å². The number of nitrogens with zero attached hydrogens (tertiary/aromatic N) is 1. The van der Waals surface area contributed by atoms with E-state index in [1.807, 2.05) is 7.05 Å². The Kier molecular flexibility index (Phi) is 9.68. The van der Waals surface area contributed by atoms with Gasteiger partial charge in [0.2, 0.25) is 0 Å². The Balaban J connectivity index is 0.00000261. The van der Waals surface area contributed by atoms with Crippen molar-refractivity contribution in [3.8, 4) is 5.75 Å². The molecule has 0 aromatic heterocycles. The fourth-order valence-electron chi connectivity index (χ4n) is 3.30. The summed E-state index contributed by atoms with van der Waals surface area (Å²) < 4.78 is 11.7. The van der Waals surface area contributed by atoms with Crippen LogP contribution in [0.4, 0.5) is 0 Å². The zero-order chi connectivity index (χ0) is 18.2. The lowest BCUT2D eigenvalue weighted by molar-refractivity contribution is 0.0676. The lowest BCUT2D eigenvalue weighted by atomic mass is 10.1. The first-order valence-corrected chi connectivity index (χ1v) is 10.0. The number of nitrogens with one attached hydrogen (secondary N) is 2. The average molecular weight is 487 g/mol. The largest absolute Gasteiger partial charge is 0.491 e. The van der Waals surface area contributed by atoms with Crippen molar-refractivity contribution >= 4 is 29.9 Å². The lowest BCUT2D eigenvalue weighted by Gasteiger charge is -2.17. The Morgan fingerprint density at radius 3 is 2.81 bits per heavy atom. The molecule has 2 aliphatic rings. The predicted molar refractivity (Wildman–Crippen MR) is 121 cm³/mol. The molecular weight excluding hydrogens is 453 g/mol. The highest BCUT2D eigenvalue weighted by Crippen LogP contribution is 2.33. The number of aliphatic imine (C=N–C) groups is 1. The summed E-state index contributed by atoms with van der Waals surface area (Å²) >= 11 is 0. The van der Waals surface area contributed by atoms with Gasteiger partial charge in [0.25, 0.3) is 0 Å². The van der Waals surface area contributed by atoms with Gasteiger partial charge < -0.3 is 20.1 Å². The summed E-state index contributed by atoms with van der Waals surface area (Å²) in [6.07, 6.45) is 7.87. The second-order valence-corrected chi connectivity index (χ2v) is 7.50. The van der Waals surface area contributed by atoms with Crippen LogP contribution in [-0.2, 0) is 11.3 Å². The molecule has 0 spiro atoms. The van der Waals surface area contributed by atoms with E-state index in [2.05, 4.69) is 40.7 Å². The second-order valence-electron chi connectivity index (χ2n) is 7.50. The summed E-state index contributed by atoms with van der Waals surface area (Å²) in [6.45, 7) is 5.26. The van der Waals surface area contributed by atoms with Crippen molar-refractivity contribution in [2.45, 2.75) is 58.1 Å². The molecule has 1 aliphatic carbocycles. The molecule has 2 fully saturated rings. The highest BCUT2D eigenvalue weighted by molar-refractivity contribution is 14.0. The molecule has 0 radical (unpaired) electrons. The molecule has 1 aliphatic heterocycles. The van der Waals surface area contributed by atoms with Gasteiger partial charge in [0.1, 0.15) is 12.4 Å². The monoisotopic (exact) mass is 487 g/mol. The average Bonchev–Trinajstić information content (AvgIpc) is 3.33. The Bertz CT molecular complexity index is 599. The molecule has 5 nitrogen and oxygen atoms in total. The van der Waals surface area contributed by atoms with Crippen LogP contribution in [0.25, 0.3) is 0 Å². The third-order valence-corrected chi connectivity index (χ3v) is 5.12. The van der Waals surface area contributed by atoms with Crippen LogP contribution in [0.3, 0.4) is 0 Å². The first-order chi connectivity index (χ1) is 12.7. The molecule has 1 atom stereocenters. The van der Waals surface area contributed by atoms with Crippen molar-refractivity contribution in [2.75, 3.05) is 26.8 Å². The van der Waals surface area contributed by atoms with Gasteiger partial charge >= 0.3 is 0 Å². The molecule has 1 saturated heterocycles. The van der Waals surface area contributed by atoms with E-state index in [9.17, 15) is 0 Å². The van der Waals surface area contributed by atoms with E-state index in [1.165, 1.54) is 31.2 Å². The van der Waals surface area contributed by atoms with Crippen LogP contribution < -0.4 is 15.4 Å². The number of guanidine groups is 1. The van der Waals surface area contributed by atoms with E-state index in [4.69, 9.17) is 9.47 Å². The Hall–Kier alpha value is -1.02. The summed E-state index contributed by atoms with van der Waals surface area (Å²) in [5.74, 6) is 2.78. The van der Waals surface area contributed by atoms with Crippen molar-refractivity contribution in [1.29, 1.82) is 0 Å². The number of rotatable bonds is 9. The predicted octanol–water partition coefficient (Wildman–Crippen LogP) is 4.03. The molecule has 1 unspecified atom stereocenters. The Morgan fingerprint density at radius 1 is 1.26 bits per heavy atom. The molecular formula is C21H34IN3O2. The zero-order valence-electron chi connectivity index (χ0n) is 16.6. The molecule has 3 rings (SSSR count). The van der Waals surface area contributed by atoms with Gasteiger partial charge in [-0.05, 0) is 50.2 Å². The van der Waals surface area contributed by atoms with Crippen LogP contribution in [0.1, 0.15) is 49.7 Å². The van der Waals surface area contributed by atoms with E-state index in [1.54, 1.807) is 0 Å². The minimum absolute atomic E-state index is 0. The number of hydrogen-bond donors (Lipinski definition) is 2. The first-order valence-electron chi connectivity index (χ1n) is 10.0. The van der Waals surface area contributed by atoms with Gasteiger partial charge in [-0.3, -0.25) is 4.99 Å². The summed E-state index contributed by atoms with van der Waals surface area (Å²) in [6, 6.07) is 6.37. The Morgan fingerprint density at radius 2 is 2.11 bits per heavy atom. The van der Waals surface area contributed by atoms with Gasteiger partial charge in [-0.1, -0.05) is 25.0 Å². The summed E-state index contributed by atoms with van der Waals surface area (Å²) in [5, 5.41) is 6.81. The van der Waals surface area contributed by atoms with Crippen molar-refractivity contribution in [1.82, 2.24) is 10.6 Å². The van der Waals surface area contributed by atoms with Gasteiger partial charge in [0, 0.05) is 32.3 Å². The van der Waals surface area contributed by atoms with E-state index >= 15 is 0 Å². The first kappa shape index (κ1) is 22.3. The van der Waals surface area contributed by atoms with E-state index in [-0.39, 0.29) is 30.1 Å². The van der Waals surface area contributed by atoms with Crippen molar-refractivity contribution in [3.63, 3.8) is 0 Å². The lowest BCUT2D eigenvalue weighted by Crippen LogP contribution is -2.37. The van der Waals surface area contributed by atoms with Crippen molar-refractivity contribution in [2.24, 2.45) is 10.9 Å². The van der Waals surface area contributed by atoms with Crippen LogP contribution in [0.5, 0.6) is 5.75 Å². The minimum atomic E-state index is 0. The maximum atomic E-state index is 6.07. The molecule has 0 amide bonds. The molecule has 27 heavy (non-hydrogen) atoms. The van der Waals surface area contributed by atoms with Gasteiger partial charge in [-0.25, -0.2) is 0 Å². The van der Waals surface area contributed by atoms with Crippen LogP contribution in [0, 0.1) is 12.8 Å². The van der Waals surface area contributed by atoms with E-state index < -0.39 is 0 Å². The summed E-state index contributed by atoms with van der Waals surface area (Å²) in [5.41, 5.74) is 2.35. The quantitative estimate of drug-likeness (QED) is 0.239. The number of benzene rings is 1. The zero-order valence-corrected chi connectivity index (χ0v) is 19.0. The van der Waals surface area contributed by atoms with Gasteiger partial charge in [0.15, 0.2) is 5.96 Å². The maximum Gasteiger partial charge on any atom is 0.191 e. The molecule has 152 valence electrons. The van der Waals surface area contributed by atoms with Crippen LogP contribution in [0.15, 0.2) is 23.2 Å². The van der Waals surface area contributed by atoms with E-state index in [0.717, 1.165) is 49.2 Å². The number of ether oxygens (including phenoxy) is 2. The molecule has 1 aromatic carbocycles. The number of aryl methyl sites for hydroxylation is 1. The van der Waals surface area contributed by atoms with Crippen LogP contribution in [0.2, 0.25) is 0 Å². The number of halogens is 1. The van der Waals surface area contributed by atoms with Crippen molar-refractivity contribution < 1.29 is 9.47 Å². The third-order valence-electron chi connectivity index (χ3n) is 5.12. The standard InChI is InChI=1S/C21H33N3O2.HI/c1-16-7-10-18(20(13-16)26-15-19-6-4-12-25-19)14-24-21(22-2)23-11-3-5-17-8-9-17;/h7,10,13,17,19H,3-6,8-9,11-12,14-15H2,1-2H3,(H2,22,23,24);1H. The topological polar surface area (TPSA) is 54.9 Å². The molecule has 1 aromatic rings. The highest BCUT2D eigenvalue weighted by atomic mass is 127. The SMILES string of the molecule is CN=C(NCCCC1CC1)NCc1ccc(C)cc1OCC1CCCO1.I. The summed E-state index contributed by atoms with van der Waals surface area (Å²) in [7, 11) is 1.82. The molecule has 0 bridgehead atoms. The number of hydrogen-bond acceptors (Lipinski definition) is 3. The molecule has 6 heteroatoms. The highest BCUT2D eigenvalue weighted by Gasteiger charge is 2.20. The van der Waals surface area contributed by atoms with Gasteiger partial charge in [-0.15, -0.1) is 24.0 Å². The normalized spacial score (nSPS) is 19.5. The van der Waals surface area contributed by atoms with Gasteiger partial charge in [0.05, 0.1) is 6.10 Å². The van der Waals surface area contributed by atoms with Crippen LogP contribution >= 0.6 is 24.0 Å². The third kappa shape index (κ3) is 7.86.